The lowest BCUT2D eigenvalue weighted by molar-refractivity contribution is 0.0951. The van der Waals surface area contributed by atoms with Crippen molar-refractivity contribution in [1.82, 2.24) is 5.32 Å². The van der Waals surface area contributed by atoms with Crippen LogP contribution in [-0.2, 0) is 0 Å². The molecule has 1 aromatic rings. The lowest BCUT2D eigenvalue weighted by atomic mass is 10.1. The van der Waals surface area contributed by atoms with Crippen molar-refractivity contribution in [2.24, 2.45) is 0 Å². The normalized spacial score (nSPS) is 10.5. The minimum absolute atomic E-state index is 0.0233. The number of hydrogen-bond acceptors (Lipinski definition) is 2. The van der Waals surface area contributed by atoms with E-state index in [1.54, 1.807) is 19.3 Å². The summed E-state index contributed by atoms with van der Waals surface area (Å²) in [6, 6.07) is 1.71. The van der Waals surface area contributed by atoms with Crippen molar-refractivity contribution in [1.29, 1.82) is 0 Å². The van der Waals surface area contributed by atoms with Crippen LogP contribution in [0.4, 0.5) is 0 Å². The Balaban J connectivity index is 2.07. The van der Waals surface area contributed by atoms with Gasteiger partial charge in [-0.1, -0.05) is 39.0 Å². The number of amides is 1. The number of unbranched alkanes of at least 4 members (excludes halogenated alkanes) is 5. The molecule has 0 unspecified atom stereocenters. The second kappa shape index (κ2) is 7.93. The highest BCUT2D eigenvalue weighted by molar-refractivity contribution is 5.94. The highest BCUT2D eigenvalue weighted by Crippen LogP contribution is 2.08. The fraction of sp³-hybridized carbons (Fsp3) is 0.643. The van der Waals surface area contributed by atoms with Gasteiger partial charge in [-0.3, -0.25) is 4.79 Å². The van der Waals surface area contributed by atoms with Gasteiger partial charge in [0.2, 0.25) is 0 Å². The van der Waals surface area contributed by atoms with Crippen LogP contribution in [0, 0.1) is 6.92 Å². The minimum atomic E-state index is -0.0233. The number of carbonyl (C=O) groups excluding carboxylic acids is 1. The van der Waals surface area contributed by atoms with Crippen molar-refractivity contribution < 1.29 is 9.21 Å². The van der Waals surface area contributed by atoms with Gasteiger partial charge >= 0.3 is 0 Å². The summed E-state index contributed by atoms with van der Waals surface area (Å²) < 4.78 is 5.10. The molecule has 3 heteroatoms. The second-order valence-corrected chi connectivity index (χ2v) is 4.41. The van der Waals surface area contributed by atoms with E-state index in [4.69, 9.17) is 4.42 Å². The van der Waals surface area contributed by atoms with Gasteiger partial charge in [-0.2, -0.15) is 0 Å². The highest BCUT2D eigenvalue weighted by atomic mass is 16.3. The van der Waals surface area contributed by atoms with Crippen molar-refractivity contribution in [2.45, 2.75) is 52.4 Å². The SMILES string of the molecule is CCCCCCCCNC(=O)c1ccoc1C. The summed E-state index contributed by atoms with van der Waals surface area (Å²) in [5.41, 5.74) is 0.649. The Hall–Kier alpha value is -1.25. The molecule has 0 bridgehead atoms. The molecular formula is C14H23NO2. The Morgan fingerprint density at radius 3 is 2.59 bits per heavy atom. The molecule has 0 atom stereocenters. The molecule has 0 saturated carbocycles. The first-order chi connectivity index (χ1) is 8.25. The number of aryl methyl sites for hydroxylation is 1. The van der Waals surface area contributed by atoms with Crippen LogP contribution in [0.15, 0.2) is 16.7 Å². The number of hydrogen-bond donors (Lipinski definition) is 1. The van der Waals surface area contributed by atoms with Gasteiger partial charge in [0.25, 0.3) is 5.91 Å². The third-order valence-corrected chi connectivity index (χ3v) is 2.92. The van der Waals surface area contributed by atoms with E-state index in [0.717, 1.165) is 13.0 Å². The standard InChI is InChI=1S/C14H23NO2/c1-3-4-5-6-7-8-10-15-14(16)13-9-11-17-12(13)2/h9,11H,3-8,10H2,1-2H3,(H,15,16). The van der Waals surface area contributed by atoms with Crippen molar-refractivity contribution in [3.63, 3.8) is 0 Å². The molecule has 17 heavy (non-hydrogen) atoms. The van der Waals surface area contributed by atoms with Crippen LogP contribution in [0.1, 0.15) is 61.6 Å². The van der Waals surface area contributed by atoms with Crippen LogP contribution in [0.25, 0.3) is 0 Å². The maximum atomic E-state index is 11.7. The van der Waals surface area contributed by atoms with Gasteiger partial charge in [-0.15, -0.1) is 0 Å². The molecule has 3 nitrogen and oxygen atoms in total. The van der Waals surface area contributed by atoms with E-state index in [1.165, 1.54) is 32.1 Å². The topological polar surface area (TPSA) is 42.2 Å². The van der Waals surface area contributed by atoms with E-state index in [1.807, 2.05) is 0 Å². The predicted molar refractivity (Wildman–Crippen MR) is 69.2 cm³/mol. The highest BCUT2D eigenvalue weighted by Gasteiger charge is 2.09. The van der Waals surface area contributed by atoms with Crippen LogP contribution in [0.3, 0.4) is 0 Å². The zero-order valence-corrected chi connectivity index (χ0v) is 10.9. The number of carbonyl (C=O) groups is 1. The molecule has 0 saturated heterocycles. The summed E-state index contributed by atoms with van der Waals surface area (Å²) in [7, 11) is 0. The molecule has 0 aromatic carbocycles. The molecular weight excluding hydrogens is 214 g/mol. The molecule has 0 radical (unpaired) electrons. The number of furan rings is 1. The first-order valence-electron chi connectivity index (χ1n) is 6.58. The molecule has 0 aliphatic carbocycles. The minimum Gasteiger partial charge on any atom is -0.469 e. The average Bonchev–Trinajstić information content (AvgIpc) is 2.74. The number of rotatable bonds is 8. The van der Waals surface area contributed by atoms with Crippen LogP contribution in [-0.4, -0.2) is 12.5 Å². The van der Waals surface area contributed by atoms with Crippen molar-refractivity contribution in [3.8, 4) is 0 Å². The summed E-state index contributed by atoms with van der Waals surface area (Å²) in [4.78, 5) is 11.7. The molecule has 1 aromatic heterocycles. The summed E-state index contributed by atoms with van der Waals surface area (Å²) in [6.07, 6.45) is 8.99. The first-order valence-corrected chi connectivity index (χ1v) is 6.58. The number of nitrogens with one attached hydrogen (secondary N) is 1. The van der Waals surface area contributed by atoms with Gasteiger partial charge in [0.1, 0.15) is 5.76 Å². The summed E-state index contributed by atoms with van der Waals surface area (Å²) >= 11 is 0. The predicted octanol–water partition coefficient (Wildman–Crippen LogP) is 3.68. The molecule has 1 rings (SSSR count). The van der Waals surface area contributed by atoms with Gasteiger partial charge in [-0.25, -0.2) is 0 Å². The third-order valence-electron chi connectivity index (χ3n) is 2.92. The van der Waals surface area contributed by atoms with Crippen LogP contribution in [0.2, 0.25) is 0 Å². The Kier molecular flexibility index (Phi) is 6.45. The maximum absolute atomic E-state index is 11.7. The third kappa shape index (κ3) is 5.07. The van der Waals surface area contributed by atoms with E-state index in [0.29, 0.717) is 11.3 Å². The molecule has 0 spiro atoms. The first kappa shape index (κ1) is 13.8. The van der Waals surface area contributed by atoms with Crippen molar-refractivity contribution in [3.05, 3.63) is 23.7 Å². The summed E-state index contributed by atoms with van der Waals surface area (Å²) in [5, 5.41) is 2.92. The molecule has 0 aliphatic heterocycles. The van der Waals surface area contributed by atoms with Crippen LogP contribution < -0.4 is 5.32 Å². The second-order valence-electron chi connectivity index (χ2n) is 4.41. The summed E-state index contributed by atoms with van der Waals surface area (Å²) in [6.45, 7) is 4.78. The maximum Gasteiger partial charge on any atom is 0.254 e. The van der Waals surface area contributed by atoms with E-state index in [2.05, 4.69) is 12.2 Å². The Morgan fingerprint density at radius 1 is 1.24 bits per heavy atom. The monoisotopic (exact) mass is 237 g/mol. The molecule has 1 N–H and O–H groups in total. The molecule has 1 heterocycles. The fourth-order valence-corrected chi connectivity index (χ4v) is 1.82. The van der Waals surface area contributed by atoms with E-state index < -0.39 is 0 Å². The van der Waals surface area contributed by atoms with Gasteiger partial charge < -0.3 is 9.73 Å². The van der Waals surface area contributed by atoms with Gasteiger partial charge in [-0.05, 0) is 19.4 Å². The quantitative estimate of drug-likeness (QED) is 0.701. The van der Waals surface area contributed by atoms with Gasteiger partial charge in [0.05, 0.1) is 11.8 Å². The van der Waals surface area contributed by atoms with Gasteiger partial charge in [0, 0.05) is 6.54 Å². The van der Waals surface area contributed by atoms with E-state index >= 15 is 0 Å². The molecule has 0 fully saturated rings. The van der Waals surface area contributed by atoms with E-state index in [-0.39, 0.29) is 5.91 Å². The molecule has 0 aliphatic rings. The summed E-state index contributed by atoms with van der Waals surface area (Å²) in [5.74, 6) is 0.662. The lowest BCUT2D eigenvalue weighted by Crippen LogP contribution is -2.24. The fourth-order valence-electron chi connectivity index (χ4n) is 1.82. The van der Waals surface area contributed by atoms with Crippen LogP contribution in [0.5, 0.6) is 0 Å². The zero-order chi connectivity index (χ0) is 12.5. The molecule has 96 valence electrons. The Bertz CT molecular complexity index is 331. The average molecular weight is 237 g/mol. The van der Waals surface area contributed by atoms with Gasteiger partial charge in [0.15, 0.2) is 0 Å². The smallest absolute Gasteiger partial charge is 0.254 e. The van der Waals surface area contributed by atoms with Crippen molar-refractivity contribution in [2.75, 3.05) is 6.54 Å². The largest absolute Gasteiger partial charge is 0.469 e. The molecule has 1 amide bonds. The zero-order valence-electron chi connectivity index (χ0n) is 10.9. The van der Waals surface area contributed by atoms with Crippen LogP contribution >= 0.6 is 0 Å². The Morgan fingerprint density at radius 2 is 1.94 bits per heavy atom. The van der Waals surface area contributed by atoms with E-state index in [9.17, 15) is 4.79 Å². The van der Waals surface area contributed by atoms with Crippen molar-refractivity contribution >= 4 is 5.91 Å². The lowest BCUT2D eigenvalue weighted by Gasteiger charge is -2.04. The Labute approximate surface area is 104 Å².